The Balaban J connectivity index is 1.93. The maximum Gasteiger partial charge on any atom is 0.250 e. The van der Waals surface area contributed by atoms with Gasteiger partial charge in [-0.15, -0.1) is 0 Å². The van der Waals surface area contributed by atoms with Gasteiger partial charge in [-0.3, -0.25) is 4.79 Å². The molecule has 0 atom stereocenters. The number of ketones is 1. The average Bonchev–Trinajstić information content (AvgIpc) is 2.94. The molecule has 0 saturated carbocycles. The molecule has 0 saturated heterocycles. The Morgan fingerprint density at radius 3 is 2.70 bits per heavy atom. The highest BCUT2D eigenvalue weighted by Crippen LogP contribution is 2.12. The standard InChI is InChI=1S/C16H16F2N4O/c1-9(2)16-20-15(21-22-16)6-4-11(19)8-14(23)12-5-3-10(17)7-13(12)18/h3-7,9,19H,8H2,1-2H3,(H,20,21,22)/p+1/b6-4-,19-11?. The molecule has 0 bridgehead atoms. The Morgan fingerprint density at radius 2 is 2.09 bits per heavy atom. The molecule has 0 aliphatic carbocycles. The molecule has 0 amide bonds. The number of rotatable bonds is 6. The number of quaternary nitrogens is 1. The largest absolute Gasteiger partial charge is 0.305 e. The SMILES string of the molecule is CC(C)C1=NN=C(/C=C\C(=N)CC(=O)c2ccc(F)cc2F)[NH2+]1. The van der Waals surface area contributed by atoms with Crippen molar-refractivity contribution in [1.82, 2.24) is 0 Å². The molecule has 7 heteroatoms. The number of carbonyl (C=O) groups excluding carboxylic acids is 1. The van der Waals surface area contributed by atoms with E-state index in [4.69, 9.17) is 5.41 Å². The Hall–Kier alpha value is -2.54. The molecule has 2 rings (SSSR count). The molecule has 1 aliphatic rings. The minimum Gasteiger partial charge on any atom is -0.305 e. The summed E-state index contributed by atoms with van der Waals surface area (Å²) < 4.78 is 26.3. The van der Waals surface area contributed by atoms with E-state index >= 15 is 0 Å². The van der Waals surface area contributed by atoms with Crippen LogP contribution in [0.5, 0.6) is 0 Å². The fourth-order valence-electron chi connectivity index (χ4n) is 1.92. The lowest BCUT2D eigenvalue weighted by atomic mass is 10.0. The van der Waals surface area contributed by atoms with Crippen LogP contribution in [0.4, 0.5) is 8.78 Å². The van der Waals surface area contributed by atoms with Gasteiger partial charge in [-0.05, 0) is 18.2 Å². The highest BCUT2D eigenvalue weighted by Gasteiger charge is 2.18. The molecule has 120 valence electrons. The maximum atomic E-state index is 13.5. The molecule has 1 aromatic rings. The zero-order chi connectivity index (χ0) is 17.0. The van der Waals surface area contributed by atoms with Crippen molar-refractivity contribution >= 4 is 23.2 Å². The number of carbonyl (C=O) groups is 1. The lowest BCUT2D eigenvalue weighted by Gasteiger charge is -2.02. The second kappa shape index (κ2) is 7.15. The van der Waals surface area contributed by atoms with Gasteiger partial charge >= 0.3 is 0 Å². The first-order chi connectivity index (χ1) is 10.9. The summed E-state index contributed by atoms with van der Waals surface area (Å²) in [7, 11) is 0. The van der Waals surface area contributed by atoms with Crippen molar-refractivity contribution in [3.8, 4) is 0 Å². The monoisotopic (exact) mass is 319 g/mol. The number of hydrogen-bond acceptors (Lipinski definition) is 4. The number of amidine groups is 2. The molecule has 3 N–H and O–H groups in total. The number of nitrogens with zero attached hydrogens (tertiary/aromatic N) is 2. The van der Waals surface area contributed by atoms with Gasteiger partial charge in [0.1, 0.15) is 11.6 Å². The number of allylic oxidation sites excluding steroid dienone is 1. The van der Waals surface area contributed by atoms with E-state index in [1.807, 2.05) is 13.8 Å². The van der Waals surface area contributed by atoms with Gasteiger partial charge in [-0.25, -0.2) is 14.1 Å². The first-order valence-electron chi connectivity index (χ1n) is 7.11. The average molecular weight is 319 g/mol. The van der Waals surface area contributed by atoms with Crippen LogP contribution in [0.1, 0.15) is 30.6 Å². The molecule has 1 aromatic carbocycles. The van der Waals surface area contributed by atoms with Crippen LogP contribution < -0.4 is 5.32 Å². The van der Waals surface area contributed by atoms with Gasteiger partial charge in [-0.2, -0.15) is 0 Å². The minimum absolute atomic E-state index is 0.00724. The molecular formula is C16H17F2N4O+. The summed E-state index contributed by atoms with van der Waals surface area (Å²) in [4.78, 5) is 11.9. The number of benzene rings is 1. The van der Waals surface area contributed by atoms with Crippen molar-refractivity contribution in [1.29, 1.82) is 5.41 Å². The summed E-state index contributed by atoms with van der Waals surface area (Å²) in [5, 5.41) is 17.5. The van der Waals surface area contributed by atoms with Crippen molar-refractivity contribution in [3.63, 3.8) is 0 Å². The Bertz CT molecular complexity index is 736. The van der Waals surface area contributed by atoms with E-state index in [0.717, 1.165) is 18.0 Å². The Morgan fingerprint density at radius 1 is 1.35 bits per heavy atom. The molecule has 0 aromatic heterocycles. The summed E-state index contributed by atoms with van der Waals surface area (Å²) in [5.41, 5.74) is -0.215. The van der Waals surface area contributed by atoms with Crippen LogP contribution in [-0.2, 0) is 0 Å². The van der Waals surface area contributed by atoms with Gasteiger partial charge in [0, 0.05) is 23.8 Å². The molecule has 5 nitrogen and oxygen atoms in total. The van der Waals surface area contributed by atoms with Gasteiger partial charge in [0.2, 0.25) is 11.7 Å². The topological polar surface area (TPSA) is 82.2 Å². The summed E-state index contributed by atoms with van der Waals surface area (Å²) in [6.07, 6.45) is 2.73. The summed E-state index contributed by atoms with van der Waals surface area (Å²) >= 11 is 0. The smallest absolute Gasteiger partial charge is 0.250 e. The molecule has 0 fully saturated rings. The minimum atomic E-state index is -0.921. The van der Waals surface area contributed by atoms with Crippen molar-refractivity contribution in [2.24, 2.45) is 16.1 Å². The van der Waals surface area contributed by atoms with Gasteiger partial charge in [0.25, 0.3) is 0 Å². The van der Waals surface area contributed by atoms with E-state index in [2.05, 4.69) is 10.2 Å². The van der Waals surface area contributed by atoms with Crippen LogP contribution in [0.2, 0.25) is 0 Å². The molecule has 0 spiro atoms. The third kappa shape index (κ3) is 4.46. The van der Waals surface area contributed by atoms with Crippen LogP contribution in [-0.4, -0.2) is 23.2 Å². The number of halogens is 2. The zero-order valence-corrected chi connectivity index (χ0v) is 12.8. The van der Waals surface area contributed by atoms with Gasteiger partial charge in [0.05, 0.1) is 12.0 Å². The molecule has 1 aliphatic heterocycles. The van der Waals surface area contributed by atoms with E-state index in [-0.39, 0.29) is 23.6 Å². The second-order valence-corrected chi connectivity index (χ2v) is 5.43. The van der Waals surface area contributed by atoms with Crippen molar-refractivity contribution < 1.29 is 18.9 Å². The van der Waals surface area contributed by atoms with Crippen molar-refractivity contribution in [2.45, 2.75) is 20.3 Å². The first kappa shape index (κ1) is 16.8. The molecule has 23 heavy (non-hydrogen) atoms. The van der Waals surface area contributed by atoms with E-state index in [1.165, 1.54) is 6.08 Å². The van der Waals surface area contributed by atoms with E-state index in [9.17, 15) is 13.6 Å². The molecule has 1 heterocycles. The maximum absolute atomic E-state index is 13.5. The Labute approximate surface area is 132 Å². The van der Waals surface area contributed by atoms with Gasteiger partial charge in [0.15, 0.2) is 5.78 Å². The number of Topliss-reactive ketones (excluding diaryl/α,β-unsaturated/α-hetero) is 1. The first-order valence-corrected chi connectivity index (χ1v) is 7.11. The highest BCUT2D eigenvalue weighted by molar-refractivity contribution is 6.13. The predicted octanol–water partition coefficient (Wildman–Crippen LogP) is 2.06. The summed E-state index contributed by atoms with van der Waals surface area (Å²) in [6, 6.07) is 2.75. The Kier molecular flexibility index (Phi) is 5.23. The summed E-state index contributed by atoms with van der Waals surface area (Å²) in [6.45, 7) is 3.99. The fraction of sp³-hybridized carbons (Fsp3) is 0.250. The normalized spacial score (nSPS) is 14.3. The number of nitrogens with one attached hydrogen (secondary N) is 1. The molecule has 0 unspecified atom stereocenters. The van der Waals surface area contributed by atoms with E-state index in [1.54, 1.807) is 11.4 Å². The highest BCUT2D eigenvalue weighted by atomic mass is 19.1. The number of nitrogens with two attached hydrogens (primary N) is 1. The van der Waals surface area contributed by atoms with Crippen LogP contribution in [0.15, 0.2) is 40.6 Å². The van der Waals surface area contributed by atoms with Crippen LogP contribution >= 0.6 is 0 Å². The van der Waals surface area contributed by atoms with Gasteiger partial charge in [-0.1, -0.05) is 24.1 Å². The molecular weight excluding hydrogens is 302 g/mol. The quantitative estimate of drug-likeness (QED) is 0.610. The predicted molar refractivity (Wildman–Crippen MR) is 83.8 cm³/mol. The lowest BCUT2D eigenvalue weighted by Crippen LogP contribution is -2.90. The summed E-state index contributed by atoms with van der Waals surface area (Å²) in [5.74, 6) is -0.541. The third-order valence-electron chi connectivity index (χ3n) is 3.21. The third-order valence-corrected chi connectivity index (χ3v) is 3.21. The van der Waals surface area contributed by atoms with Crippen LogP contribution in [0.25, 0.3) is 0 Å². The van der Waals surface area contributed by atoms with Crippen molar-refractivity contribution in [3.05, 3.63) is 47.5 Å². The fourth-order valence-corrected chi connectivity index (χ4v) is 1.92. The lowest BCUT2D eigenvalue weighted by molar-refractivity contribution is -0.406. The van der Waals surface area contributed by atoms with E-state index in [0.29, 0.717) is 11.9 Å². The molecule has 0 radical (unpaired) electrons. The van der Waals surface area contributed by atoms with Crippen molar-refractivity contribution in [2.75, 3.05) is 0 Å². The van der Waals surface area contributed by atoms with Gasteiger partial charge < -0.3 is 5.41 Å². The van der Waals surface area contributed by atoms with E-state index < -0.39 is 17.4 Å². The van der Waals surface area contributed by atoms with Crippen LogP contribution in [0.3, 0.4) is 0 Å². The second-order valence-electron chi connectivity index (χ2n) is 5.43. The number of hydrogen-bond donors (Lipinski definition) is 2. The van der Waals surface area contributed by atoms with Crippen LogP contribution in [0, 0.1) is 23.0 Å². The zero-order valence-electron chi connectivity index (χ0n) is 12.8.